The fraction of sp³-hybridized carbons (Fsp3) is 0.143. The first-order valence-corrected chi connectivity index (χ1v) is 3.70. The highest BCUT2D eigenvalue weighted by Gasteiger charge is 2.38. The van der Waals surface area contributed by atoms with Gasteiger partial charge in [0, 0.05) is 5.46 Å². The predicted molar refractivity (Wildman–Crippen MR) is 42.9 cm³/mol. The normalized spacial score (nSPS) is 11.6. The van der Waals surface area contributed by atoms with Crippen LogP contribution in [0, 0.1) is 5.82 Å². The maximum Gasteiger partial charge on any atom is 0.492 e. The van der Waals surface area contributed by atoms with E-state index in [1.165, 1.54) is 0 Å². The van der Waals surface area contributed by atoms with Crippen molar-refractivity contribution in [2.75, 3.05) is 0 Å². The van der Waals surface area contributed by atoms with Gasteiger partial charge in [0.15, 0.2) is 11.6 Å². The monoisotopic (exact) mass is 224 g/mol. The van der Waals surface area contributed by atoms with Crippen molar-refractivity contribution in [1.82, 2.24) is 0 Å². The van der Waals surface area contributed by atoms with E-state index in [1.54, 1.807) is 0 Å². The first kappa shape index (κ1) is 11.8. The van der Waals surface area contributed by atoms with Crippen molar-refractivity contribution in [3.05, 3.63) is 23.5 Å². The summed E-state index contributed by atoms with van der Waals surface area (Å²) in [6, 6.07) is 0.858. The summed E-state index contributed by atoms with van der Waals surface area (Å²) in [5.41, 5.74) is -2.92. The molecule has 1 aromatic carbocycles. The van der Waals surface area contributed by atoms with E-state index in [-0.39, 0.29) is 0 Å². The second kappa shape index (κ2) is 3.71. The molecule has 3 nitrogen and oxygen atoms in total. The van der Waals surface area contributed by atoms with Gasteiger partial charge in [-0.3, -0.25) is 0 Å². The van der Waals surface area contributed by atoms with Crippen LogP contribution < -0.4 is 5.46 Å². The Morgan fingerprint density at radius 3 is 2.07 bits per heavy atom. The van der Waals surface area contributed by atoms with Gasteiger partial charge in [-0.25, -0.2) is 4.39 Å². The van der Waals surface area contributed by atoms with Gasteiger partial charge in [0.2, 0.25) is 0 Å². The van der Waals surface area contributed by atoms with Gasteiger partial charge in [-0.15, -0.1) is 0 Å². The summed E-state index contributed by atoms with van der Waals surface area (Å²) in [7, 11) is -2.64. The fourth-order valence-corrected chi connectivity index (χ4v) is 1.08. The molecule has 3 N–H and O–H groups in total. The van der Waals surface area contributed by atoms with Crippen LogP contribution in [0.15, 0.2) is 12.1 Å². The number of hydrogen-bond donors (Lipinski definition) is 3. The Morgan fingerprint density at radius 2 is 1.67 bits per heavy atom. The SMILES string of the molecule is OB(O)c1c(C(F)(F)F)ccc(O)c1F. The van der Waals surface area contributed by atoms with Gasteiger partial charge in [0.05, 0.1) is 5.56 Å². The van der Waals surface area contributed by atoms with E-state index in [4.69, 9.17) is 15.2 Å². The molecule has 82 valence electrons. The third-order valence-corrected chi connectivity index (χ3v) is 1.72. The largest absolute Gasteiger partial charge is 0.505 e. The number of rotatable bonds is 1. The first-order chi connectivity index (χ1) is 6.75. The van der Waals surface area contributed by atoms with Crippen LogP contribution in [0.1, 0.15) is 5.56 Å². The molecular formula is C7H5BF4O3. The lowest BCUT2D eigenvalue weighted by molar-refractivity contribution is -0.137. The van der Waals surface area contributed by atoms with Gasteiger partial charge in [-0.05, 0) is 12.1 Å². The minimum absolute atomic E-state index is 0.368. The quantitative estimate of drug-likeness (QED) is 0.472. The number of phenolic OH excluding ortho intramolecular Hbond substituents is 1. The molecule has 0 aliphatic heterocycles. The zero-order chi connectivity index (χ0) is 11.8. The highest BCUT2D eigenvalue weighted by molar-refractivity contribution is 6.59. The standard InChI is InChI=1S/C7H5BF4O3/c9-6-4(13)2-1-3(7(10,11)12)5(6)8(14)15/h1-2,13-15H. The molecule has 0 atom stereocenters. The van der Waals surface area contributed by atoms with Crippen molar-refractivity contribution in [1.29, 1.82) is 0 Å². The molecule has 0 saturated carbocycles. The average Bonchev–Trinajstić information content (AvgIpc) is 2.06. The van der Waals surface area contributed by atoms with Gasteiger partial charge in [-0.1, -0.05) is 0 Å². The van der Waals surface area contributed by atoms with E-state index in [1.807, 2.05) is 0 Å². The Balaban J connectivity index is 3.47. The molecule has 0 amide bonds. The summed E-state index contributed by atoms with van der Waals surface area (Å²) in [6.07, 6.45) is -4.92. The predicted octanol–water partition coefficient (Wildman–Crippen LogP) is 0.230. The van der Waals surface area contributed by atoms with Crippen LogP contribution in [-0.2, 0) is 6.18 Å². The lowest BCUT2D eigenvalue weighted by atomic mass is 9.76. The van der Waals surface area contributed by atoms with Crippen LogP contribution in [0.3, 0.4) is 0 Å². The summed E-state index contributed by atoms with van der Waals surface area (Å²) in [5, 5.41) is 25.9. The highest BCUT2D eigenvalue weighted by atomic mass is 19.4. The molecule has 8 heteroatoms. The van der Waals surface area contributed by atoms with Crippen LogP contribution in [0.4, 0.5) is 17.6 Å². The number of phenols is 1. The van der Waals surface area contributed by atoms with Crippen molar-refractivity contribution in [2.45, 2.75) is 6.18 Å². The van der Waals surface area contributed by atoms with Crippen molar-refractivity contribution in [3.63, 3.8) is 0 Å². The van der Waals surface area contributed by atoms with E-state index in [0.717, 1.165) is 0 Å². The molecular weight excluding hydrogens is 219 g/mol. The van der Waals surface area contributed by atoms with Crippen molar-refractivity contribution >= 4 is 12.6 Å². The van der Waals surface area contributed by atoms with E-state index in [2.05, 4.69) is 0 Å². The Hall–Kier alpha value is -1.28. The molecule has 1 rings (SSSR count). The third kappa shape index (κ3) is 2.21. The van der Waals surface area contributed by atoms with Gasteiger partial charge in [0.1, 0.15) is 0 Å². The van der Waals surface area contributed by atoms with Gasteiger partial charge in [0.25, 0.3) is 0 Å². The zero-order valence-corrected chi connectivity index (χ0v) is 7.09. The fourth-order valence-electron chi connectivity index (χ4n) is 1.08. The number of aromatic hydroxyl groups is 1. The molecule has 0 aliphatic carbocycles. The molecule has 0 fully saturated rings. The molecule has 0 aromatic heterocycles. The van der Waals surface area contributed by atoms with E-state index < -0.39 is 35.9 Å². The number of benzene rings is 1. The van der Waals surface area contributed by atoms with E-state index >= 15 is 0 Å². The Labute approximate surface area is 81.7 Å². The Bertz CT molecular complexity index is 377. The lowest BCUT2D eigenvalue weighted by Crippen LogP contribution is -2.38. The molecule has 15 heavy (non-hydrogen) atoms. The molecule has 0 aliphatic rings. The van der Waals surface area contributed by atoms with Crippen LogP contribution in [0.5, 0.6) is 5.75 Å². The average molecular weight is 224 g/mol. The van der Waals surface area contributed by atoms with Crippen LogP contribution in [0.2, 0.25) is 0 Å². The molecule has 0 unspecified atom stereocenters. The first-order valence-electron chi connectivity index (χ1n) is 3.70. The molecule has 0 bridgehead atoms. The third-order valence-electron chi connectivity index (χ3n) is 1.72. The van der Waals surface area contributed by atoms with Gasteiger partial charge >= 0.3 is 13.3 Å². The van der Waals surface area contributed by atoms with Gasteiger partial charge < -0.3 is 15.2 Å². The Kier molecular flexibility index (Phi) is 2.92. The molecule has 0 saturated heterocycles. The summed E-state index contributed by atoms with van der Waals surface area (Å²) in [5.74, 6) is -2.77. The minimum Gasteiger partial charge on any atom is -0.505 e. The summed E-state index contributed by atoms with van der Waals surface area (Å²) >= 11 is 0. The smallest absolute Gasteiger partial charge is 0.492 e. The molecule has 0 spiro atoms. The zero-order valence-electron chi connectivity index (χ0n) is 7.09. The van der Waals surface area contributed by atoms with E-state index in [0.29, 0.717) is 12.1 Å². The lowest BCUT2D eigenvalue weighted by Gasteiger charge is -2.13. The summed E-state index contributed by atoms with van der Waals surface area (Å²) in [6.45, 7) is 0. The second-order valence-electron chi connectivity index (χ2n) is 2.73. The minimum atomic E-state index is -4.92. The number of hydrogen-bond acceptors (Lipinski definition) is 3. The molecule has 0 radical (unpaired) electrons. The maximum absolute atomic E-state index is 13.0. The maximum atomic E-state index is 13.0. The van der Waals surface area contributed by atoms with E-state index in [9.17, 15) is 17.6 Å². The number of alkyl halides is 3. The molecule has 0 heterocycles. The second-order valence-corrected chi connectivity index (χ2v) is 2.73. The van der Waals surface area contributed by atoms with Crippen molar-refractivity contribution in [2.24, 2.45) is 0 Å². The highest BCUT2D eigenvalue weighted by Crippen LogP contribution is 2.30. The number of halogens is 4. The van der Waals surface area contributed by atoms with Gasteiger partial charge in [-0.2, -0.15) is 13.2 Å². The topological polar surface area (TPSA) is 60.7 Å². The van der Waals surface area contributed by atoms with Crippen LogP contribution >= 0.6 is 0 Å². The van der Waals surface area contributed by atoms with Crippen LogP contribution in [0.25, 0.3) is 0 Å². The van der Waals surface area contributed by atoms with Crippen molar-refractivity contribution < 1.29 is 32.7 Å². The van der Waals surface area contributed by atoms with Crippen LogP contribution in [-0.4, -0.2) is 22.3 Å². The molecule has 1 aromatic rings. The van der Waals surface area contributed by atoms with Crippen molar-refractivity contribution in [3.8, 4) is 5.75 Å². The Morgan fingerprint density at radius 1 is 1.13 bits per heavy atom. The summed E-state index contributed by atoms with van der Waals surface area (Å²) in [4.78, 5) is 0. The summed E-state index contributed by atoms with van der Waals surface area (Å²) < 4.78 is 49.7.